The summed E-state index contributed by atoms with van der Waals surface area (Å²) in [6.07, 6.45) is 4.95. The topological polar surface area (TPSA) is 54.0 Å². The van der Waals surface area contributed by atoms with Crippen LogP contribution >= 0.6 is 0 Å². The average Bonchev–Trinajstić information content (AvgIpc) is 3.14. The van der Waals surface area contributed by atoms with E-state index < -0.39 is 17.1 Å². The van der Waals surface area contributed by atoms with Crippen molar-refractivity contribution in [1.82, 2.24) is 0 Å². The summed E-state index contributed by atoms with van der Waals surface area (Å²) >= 11 is 0. The van der Waals surface area contributed by atoms with E-state index in [1.807, 2.05) is 27.7 Å². The molecule has 1 fully saturated rings. The molecule has 0 amide bonds. The van der Waals surface area contributed by atoms with Gasteiger partial charge in [0.2, 0.25) is 0 Å². The van der Waals surface area contributed by atoms with Crippen LogP contribution in [0.25, 0.3) is 0 Å². The molecule has 0 aromatic carbocycles. The van der Waals surface area contributed by atoms with Gasteiger partial charge in [-0.1, -0.05) is 47.5 Å². The quantitative estimate of drug-likeness (QED) is 0.338. The molecule has 5 nitrogen and oxygen atoms in total. The highest BCUT2D eigenvalue weighted by atomic mass is 28.4. The predicted octanol–water partition coefficient (Wildman–Crippen LogP) is 5.92. The highest BCUT2D eigenvalue weighted by molar-refractivity contribution is 6.79. The Balaban J connectivity index is 3.02. The molecule has 0 radical (unpaired) electrons. The molecular weight excluding hydrogens is 388 g/mol. The van der Waals surface area contributed by atoms with Gasteiger partial charge in [-0.3, -0.25) is 4.79 Å². The number of carbonyl (C=O) groups is 1. The Kier molecular flexibility index (Phi) is 10.9. The lowest BCUT2D eigenvalue weighted by atomic mass is 10.2. The summed E-state index contributed by atoms with van der Waals surface area (Å²) in [5.41, 5.74) is 1.41. The molecule has 1 saturated carbocycles. The molecule has 0 aromatic heterocycles. The molecule has 1 unspecified atom stereocenters. The Labute approximate surface area is 175 Å². The minimum absolute atomic E-state index is 0.0862. The summed E-state index contributed by atoms with van der Waals surface area (Å²) < 4.78 is 24.4. The fourth-order valence-corrected chi connectivity index (χ4v) is 13.6. The van der Waals surface area contributed by atoms with Gasteiger partial charge in [0.1, 0.15) is 0 Å². The molecule has 0 aliphatic heterocycles. The third kappa shape index (κ3) is 6.14. The zero-order valence-electron chi connectivity index (χ0n) is 19.5. The van der Waals surface area contributed by atoms with Crippen molar-refractivity contribution in [3.8, 4) is 0 Å². The minimum Gasteiger partial charge on any atom is -0.518 e. The van der Waals surface area contributed by atoms with Gasteiger partial charge in [0, 0.05) is 25.9 Å². The molecule has 166 valence electrons. The first-order chi connectivity index (χ1) is 13.2. The standard InChI is InChI=1S/C21H44O5Si2/c1-9-23-27(24-10-2,25-11-3)16-19(8)21(22)26-28(17(4)5,18(6)7)20-14-12-13-15-20/h17-20H,9-16H2,1-8H3. The molecule has 0 spiro atoms. The van der Waals surface area contributed by atoms with Crippen molar-refractivity contribution in [3.05, 3.63) is 0 Å². The van der Waals surface area contributed by atoms with Crippen LogP contribution in [0.1, 0.15) is 81.1 Å². The van der Waals surface area contributed by atoms with E-state index in [0.717, 1.165) is 0 Å². The highest BCUT2D eigenvalue weighted by Crippen LogP contribution is 2.50. The lowest BCUT2D eigenvalue weighted by Crippen LogP contribution is -2.52. The van der Waals surface area contributed by atoms with Gasteiger partial charge in [-0.05, 0) is 50.2 Å². The van der Waals surface area contributed by atoms with Crippen molar-refractivity contribution >= 4 is 23.1 Å². The van der Waals surface area contributed by atoms with E-state index in [4.69, 9.17) is 17.7 Å². The molecule has 0 heterocycles. The Morgan fingerprint density at radius 1 is 0.857 bits per heavy atom. The molecule has 0 saturated heterocycles. The highest BCUT2D eigenvalue weighted by Gasteiger charge is 2.53. The van der Waals surface area contributed by atoms with Crippen molar-refractivity contribution in [2.75, 3.05) is 19.8 Å². The third-order valence-electron chi connectivity index (χ3n) is 6.13. The van der Waals surface area contributed by atoms with Crippen LogP contribution in [0, 0.1) is 5.92 Å². The number of hydrogen-bond acceptors (Lipinski definition) is 5. The van der Waals surface area contributed by atoms with E-state index in [-0.39, 0.29) is 11.9 Å². The summed E-state index contributed by atoms with van der Waals surface area (Å²) in [7, 11) is -5.10. The van der Waals surface area contributed by atoms with Crippen molar-refractivity contribution in [2.45, 2.75) is 104 Å². The van der Waals surface area contributed by atoms with E-state index in [1.165, 1.54) is 25.7 Å². The van der Waals surface area contributed by atoms with Crippen LogP contribution < -0.4 is 0 Å². The lowest BCUT2D eigenvalue weighted by Gasteiger charge is -2.43. The smallest absolute Gasteiger partial charge is 0.501 e. The minimum atomic E-state index is -2.87. The van der Waals surface area contributed by atoms with Crippen LogP contribution in [-0.4, -0.2) is 42.9 Å². The Hall–Kier alpha value is -0.216. The maximum atomic E-state index is 13.3. The molecule has 1 rings (SSSR count). The van der Waals surface area contributed by atoms with Gasteiger partial charge in [0.15, 0.2) is 0 Å². The Morgan fingerprint density at radius 3 is 1.64 bits per heavy atom. The van der Waals surface area contributed by atoms with Crippen LogP contribution in [0.5, 0.6) is 0 Å². The van der Waals surface area contributed by atoms with Gasteiger partial charge in [-0.15, -0.1) is 0 Å². The van der Waals surface area contributed by atoms with E-state index in [1.54, 1.807) is 0 Å². The third-order valence-corrected chi connectivity index (χ3v) is 15.4. The van der Waals surface area contributed by atoms with Crippen LogP contribution in [0.4, 0.5) is 0 Å². The predicted molar refractivity (Wildman–Crippen MR) is 119 cm³/mol. The van der Waals surface area contributed by atoms with E-state index >= 15 is 0 Å². The molecular formula is C21H44O5Si2. The second kappa shape index (κ2) is 11.8. The van der Waals surface area contributed by atoms with Gasteiger partial charge in [0.25, 0.3) is 14.3 Å². The van der Waals surface area contributed by atoms with Gasteiger partial charge < -0.3 is 17.7 Å². The molecule has 0 aromatic rings. The SMILES string of the molecule is CCO[Si](CC(C)C(=O)O[Si](C(C)C)(C(C)C)C1CCCC1)(OCC)OCC. The average molecular weight is 433 g/mol. The van der Waals surface area contributed by atoms with Crippen molar-refractivity contribution in [2.24, 2.45) is 5.92 Å². The number of carbonyl (C=O) groups excluding carboxylic acids is 1. The summed E-state index contributed by atoms with van der Waals surface area (Å²) in [6.45, 7) is 18.3. The Morgan fingerprint density at radius 2 is 1.29 bits per heavy atom. The van der Waals surface area contributed by atoms with Crippen LogP contribution in [0.2, 0.25) is 22.7 Å². The van der Waals surface area contributed by atoms with E-state index in [9.17, 15) is 4.79 Å². The van der Waals surface area contributed by atoms with Crippen LogP contribution in [0.15, 0.2) is 0 Å². The second-order valence-corrected chi connectivity index (χ2v) is 16.3. The van der Waals surface area contributed by atoms with Crippen LogP contribution in [-0.2, 0) is 22.5 Å². The summed E-state index contributed by atoms with van der Waals surface area (Å²) in [4.78, 5) is 13.3. The lowest BCUT2D eigenvalue weighted by molar-refractivity contribution is -0.139. The molecule has 1 atom stereocenters. The van der Waals surface area contributed by atoms with E-state index in [0.29, 0.717) is 42.5 Å². The van der Waals surface area contributed by atoms with Crippen molar-refractivity contribution in [3.63, 3.8) is 0 Å². The molecule has 7 heteroatoms. The maximum absolute atomic E-state index is 13.3. The van der Waals surface area contributed by atoms with Crippen LogP contribution in [0.3, 0.4) is 0 Å². The van der Waals surface area contributed by atoms with Gasteiger partial charge in [0.05, 0.1) is 5.92 Å². The maximum Gasteiger partial charge on any atom is 0.501 e. The van der Waals surface area contributed by atoms with E-state index in [2.05, 4.69) is 27.7 Å². The van der Waals surface area contributed by atoms with Crippen molar-refractivity contribution in [1.29, 1.82) is 0 Å². The first-order valence-electron chi connectivity index (χ1n) is 11.3. The molecule has 0 bridgehead atoms. The van der Waals surface area contributed by atoms with Gasteiger partial charge in [-0.2, -0.15) is 0 Å². The fraction of sp³-hybridized carbons (Fsp3) is 0.952. The summed E-state index contributed by atoms with van der Waals surface area (Å²) in [6, 6.07) is 0.479. The molecule has 0 N–H and O–H groups in total. The molecule has 28 heavy (non-hydrogen) atoms. The first-order valence-corrected chi connectivity index (χ1v) is 15.4. The molecule has 1 aliphatic carbocycles. The normalized spacial score (nSPS) is 17.5. The summed E-state index contributed by atoms with van der Waals surface area (Å²) in [5.74, 6) is -0.376. The van der Waals surface area contributed by atoms with Crippen molar-refractivity contribution < 1.29 is 22.5 Å². The number of rotatable bonds is 13. The zero-order chi connectivity index (χ0) is 21.4. The largest absolute Gasteiger partial charge is 0.518 e. The second-order valence-electron chi connectivity index (χ2n) is 8.65. The monoisotopic (exact) mass is 432 g/mol. The van der Waals surface area contributed by atoms with Gasteiger partial charge >= 0.3 is 8.80 Å². The first kappa shape index (κ1) is 25.8. The fourth-order valence-electron chi connectivity index (χ4n) is 5.00. The number of hydrogen-bond donors (Lipinski definition) is 0. The molecule has 1 aliphatic rings. The Bertz CT molecular complexity index is 439. The zero-order valence-corrected chi connectivity index (χ0v) is 21.5. The van der Waals surface area contributed by atoms with Gasteiger partial charge in [-0.25, -0.2) is 0 Å². The summed E-state index contributed by atoms with van der Waals surface area (Å²) in [5, 5.41) is 0.